The number of benzene rings is 1. The summed E-state index contributed by atoms with van der Waals surface area (Å²) in [6.45, 7) is 5.81. The van der Waals surface area contributed by atoms with Gasteiger partial charge in [0.15, 0.2) is 0 Å². The maximum atomic E-state index is 13.5. The number of hydrogen-bond acceptors (Lipinski definition) is 2. The van der Waals surface area contributed by atoms with Crippen molar-refractivity contribution in [2.45, 2.75) is 20.4 Å². The van der Waals surface area contributed by atoms with Crippen LogP contribution in [0.3, 0.4) is 0 Å². The van der Waals surface area contributed by atoms with Gasteiger partial charge in [0.2, 0.25) is 0 Å². The van der Waals surface area contributed by atoms with Gasteiger partial charge in [0.25, 0.3) is 0 Å². The van der Waals surface area contributed by atoms with Gasteiger partial charge >= 0.3 is 0 Å². The second kappa shape index (κ2) is 6.57. The highest BCUT2D eigenvalue weighted by Crippen LogP contribution is 2.31. The highest BCUT2D eigenvalue weighted by molar-refractivity contribution is 6.36. The van der Waals surface area contributed by atoms with Gasteiger partial charge in [-0.1, -0.05) is 37.0 Å². The molecule has 0 saturated heterocycles. The van der Waals surface area contributed by atoms with Crippen molar-refractivity contribution in [3.63, 3.8) is 0 Å². The number of nitrogens with one attached hydrogen (secondary N) is 2. The molecule has 0 bridgehead atoms. The zero-order valence-electron chi connectivity index (χ0n) is 11.3. The van der Waals surface area contributed by atoms with Gasteiger partial charge < -0.3 is 10.3 Å². The van der Waals surface area contributed by atoms with Crippen molar-refractivity contribution in [1.82, 2.24) is 15.3 Å². The Kier molecular flexibility index (Phi) is 5.02. The molecule has 0 radical (unpaired) electrons. The summed E-state index contributed by atoms with van der Waals surface area (Å²) in [6.07, 6.45) is 1.64. The van der Waals surface area contributed by atoms with Crippen molar-refractivity contribution in [2.24, 2.45) is 5.92 Å². The van der Waals surface area contributed by atoms with Crippen molar-refractivity contribution in [2.75, 3.05) is 6.54 Å². The van der Waals surface area contributed by atoms with Crippen LogP contribution < -0.4 is 5.32 Å². The van der Waals surface area contributed by atoms with Crippen LogP contribution in [-0.2, 0) is 6.54 Å². The zero-order valence-corrected chi connectivity index (χ0v) is 12.8. The Bertz CT molecular complexity index is 596. The van der Waals surface area contributed by atoms with Gasteiger partial charge in [0.1, 0.15) is 11.6 Å². The first-order chi connectivity index (χ1) is 9.47. The summed E-state index contributed by atoms with van der Waals surface area (Å²) in [5.41, 5.74) is 1.23. The molecule has 0 fully saturated rings. The van der Waals surface area contributed by atoms with E-state index in [1.165, 1.54) is 12.1 Å². The first-order valence-electron chi connectivity index (χ1n) is 6.37. The minimum atomic E-state index is -0.500. The average molecular weight is 316 g/mol. The van der Waals surface area contributed by atoms with E-state index in [0.29, 0.717) is 28.7 Å². The van der Waals surface area contributed by atoms with E-state index in [0.717, 1.165) is 12.4 Å². The monoisotopic (exact) mass is 315 g/mol. The van der Waals surface area contributed by atoms with Gasteiger partial charge in [-0.3, -0.25) is 0 Å². The van der Waals surface area contributed by atoms with Crippen molar-refractivity contribution < 1.29 is 4.39 Å². The van der Waals surface area contributed by atoms with Gasteiger partial charge in [0.05, 0.1) is 28.5 Å². The van der Waals surface area contributed by atoms with Crippen LogP contribution in [0.1, 0.15) is 19.7 Å². The molecule has 6 heteroatoms. The van der Waals surface area contributed by atoms with Crippen molar-refractivity contribution in [3.05, 3.63) is 40.0 Å². The predicted octanol–water partition coefficient (Wildman–Crippen LogP) is 4.27. The van der Waals surface area contributed by atoms with E-state index in [-0.39, 0.29) is 5.02 Å². The Balaban J connectivity index is 2.14. The summed E-state index contributed by atoms with van der Waals surface area (Å²) in [7, 11) is 0. The van der Waals surface area contributed by atoms with Gasteiger partial charge in [0, 0.05) is 5.56 Å². The molecule has 0 aliphatic carbocycles. The fraction of sp³-hybridized carbons (Fsp3) is 0.357. The normalized spacial score (nSPS) is 11.3. The standard InChI is InChI=1S/C14H16Cl2FN3/c1-8(2)5-18-7-14-19-6-13(20-14)9-3-12(17)11(16)4-10(9)15/h3-4,6,8,18H,5,7H2,1-2H3,(H,19,20). The Labute approximate surface area is 127 Å². The summed E-state index contributed by atoms with van der Waals surface area (Å²) in [5.74, 6) is 0.858. The van der Waals surface area contributed by atoms with E-state index in [9.17, 15) is 4.39 Å². The lowest BCUT2D eigenvalue weighted by molar-refractivity contribution is 0.544. The minimum absolute atomic E-state index is 0.0112. The highest BCUT2D eigenvalue weighted by atomic mass is 35.5. The lowest BCUT2D eigenvalue weighted by Gasteiger charge is -2.05. The number of nitrogens with zero attached hydrogens (tertiary/aromatic N) is 1. The molecule has 2 N–H and O–H groups in total. The first kappa shape index (κ1) is 15.3. The average Bonchev–Trinajstić information content (AvgIpc) is 2.82. The van der Waals surface area contributed by atoms with Crippen LogP contribution in [0, 0.1) is 11.7 Å². The van der Waals surface area contributed by atoms with E-state index >= 15 is 0 Å². The van der Waals surface area contributed by atoms with Crippen LogP contribution >= 0.6 is 23.2 Å². The predicted molar refractivity (Wildman–Crippen MR) is 80.5 cm³/mol. The Morgan fingerprint density at radius 3 is 2.75 bits per heavy atom. The number of H-pyrrole nitrogens is 1. The number of hydrogen-bond donors (Lipinski definition) is 2. The Hall–Kier alpha value is -1.10. The molecule has 0 atom stereocenters. The molecule has 1 aromatic heterocycles. The molecule has 1 heterocycles. The number of aromatic nitrogens is 2. The fourth-order valence-electron chi connectivity index (χ4n) is 1.80. The van der Waals surface area contributed by atoms with Gasteiger partial charge in [-0.25, -0.2) is 9.37 Å². The number of halogens is 3. The number of imidazole rings is 1. The molecule has 1 aromatic carbocycles. The van der Waals surface area contributed by atoms with E-state index < -0.39 is 5.82 Å². The molecule has 0 amide bonds. The summed E-state index contributed by atoms with van der Waals surface area (Å²) in [5, 5.41) is 3.68. The van der Waals surface area contributed by atoms with Crippen molar-refractivity contribution >= 4 is 23.2 Å². The smallest absolute Gasteiger partial charge is 0.142 e. The molecule has 0 aliphatic rings. The minimum Gasteiger partial charge on any atom is -0.341 e. The topological polar surface area (TPSA) is 40.7 Å². The molecule has 2 rings (SSSR count). The maximum Gasteiger partial charge on any atom is 0.142 e. The molecule has 3 nitrogen and oxygen atoms in total. The lowest BCUT2D eigenvalue weighted by Crippen LogP contribution is -2.19. The summed E-state index contributed by atoms with van der Waals surface area (Å²) in [4.78, 5) is 7.37. The second-order valence-corrected chi connectivity index (χ2v) is 5.83. The highest BCUT2D eigenvalue weighted by Gasteiger charge is 2.11. The van der Waals surface area contributed by atoms with Gasteiger partial charge in [-0.2, -0.15) is 0 Å². The molecule has 0 unspecified atom stereocenters. The Morgan fingerprint density at radius 1 is 1.30 bits per heavy atom. The van der Waals surface area contributed by atoms with Crippen LogP contribution in [0.5, 0.6) is 0 Å². The summed E-state index contributed by atoms with van der Waals surface area (Å²) >= 11 is 11.8. The van der Waals surface area contributed by atoms with E-state index in [2.05, 4.69) is 29.1 Å². The third-order valence-corrected chi connectivity index (χ3v) is 3.38. The molecule has 108 valence electrons. The van der Waals surface area contributed by atoms with Gasteiger partial charge in [-0.05, 0) is 24.6 Å². The second-order valence-electron chi connectivity index (χ2n) is 5.01. The maximum absolute atomic E-state index is 13.5. The third kappa shape index (κ3) is 3.72. The molecule has 0 aliphatic heterocycles. The molecular formula is C14H16Cl2FN3. The van der Waals surface area contributed by atoms with Crippen LogP contribution in [-0.4, -0.2) is 16.5 Å². The molecule has 20 heavy (non-hydrogen) atoms. The summed E-state index contributed by atoms with van der Waals surface area (Å²) in [6, 6.07) is 2.70. The quantitative estimate of drug-likeness (QED) is 0.809. The van der Waals surface area contributed by atoms with Crippen LogP contribution in [0.4, 0.5) is 4.39 Å². The first-order valence-corrected chi connectivity index (χ1v) is 7.12. The van der Waals surface area contributed by atoms with E-state index in [1.807, 2.05) is 0 Å². The van der Waals surface area contributed by atoms with Crippen LogP contribution in [0.25, 0.3) is 11.3 Å². The van der Waals surface area contributed by atoms with Gasteiger partial charge in [-0.15, -0.1) is 0 Å². The zero-order chi connectivity index (χ0) is 14.7. The van der Waals surface area contributed by atoms with Crippen molar-refractivity contribution in [3.8, 4) is 11.3 Å². The Morgan fingerprint density at radius 2 is 2.05 bits per heavy atom. The van der Waals surface area contributed by atoms with E-state index in [1.54, 1.807) is 6.20 Å². The molecular weight excluding hydrogens is 300 g/mol. The van der Waals surface area contributed by atoms with Crippen LogP contribution in [0.2, 0.25) is 10.0 Å². The fourth-order valence-corrected chi connectivity index (χ4v) is 2.28. The largest absolute Gasteiger partial charge is 0.341 e. The third-order valence-electron chi connectivity index (χ3n) is 2.77. The summed E-state index contributed by atoms with van der Waals surface area (Å²) < 4.78 is 13.5. The molecule has 0 saturated carbocycles. The SMILES string of the molecule is CC(C)CNCc1ncc(-c2cc(F)c(Cl)cc2Cl)[nH]1. The lowest BCUT2D eigenvalue weighted by atomic mass is 10.1. The number of aromatic amines is 1. The molecule has 2 aromatic rings. The number of rotatable bonds is 5. The van der Waals surface area contributed by atoms with Crippen LogP contribution in [0.15, 0.2) is 18.3 Å². The van der Waals surface area contributed by atoms with Crippen molar-refractivity contribution in [1.29, 1.82) is 0 Å². The molecule has 0 spiro atoms. The van der Waals surface area contributed by atoms with E-state index in [4.69, 9.17) is 23.2 Å².